The standard InChI is InChI=1S/C19H24N2O7/c1-5-28-16(24)9-11-21(10-8-15(22)23)18-14(27-4)7-6-13(26-3)17(18)12(2)20-19(21)25/h6-7H,5,8-11H2,1-4H3/p+1. The van der Waals surface area contributed by atoms with E-state index in [0.29, 0.717) is 28.5 Å². The van der Waals surface area contributed by atoms with Gasteiger partial charge in [0.05, 0.1) is 39.4 Å². The summed E-state index contributed by atoms with van der Waals surface area (Å²) in [4.78, 5) is 40.5. The molecule has 0 aliphatic carbocycles. The minimum Gasteiger partial charge on any atom is -0.496 e. The smallest absolute Gasteiger partial charge is 0.448 e. The second kappa shape index (κ2) is 8.83. The zero-order chi connectivity index (χ0) is 20.9. The van der Waals surface area contributed by atoms with Crippen molar-refractivity contribution < 1.29 is 33.7 Å². The Balaban J connectivity index is 2.68. The molecule has 0 saturated carbocycles. The van der Waals surface area contributed by atoms with Crippen molar-refractivity contribution in [2.45, 2.75) is 26.7 Å². The summed E-state index contributed by atoms with van der Waals surface area (Å²) in [5.74, 6) is -0.653. The topological polar surface area (TPSA) is 111 Å². The number of rotatable bonds is 9. The van der Waals surface area contributed by atoms with Crippen LogP contribution in [0.1, 0.15) is 32.3 Å². The summed E-state index contributed by atoms with van der Waals surface area (Å²) in [5.41, 5.74) is 1.46. The van der Waals surface area contributed by atoms with Crippen LogP contribution in [0.25, 0.3) is 0 Å². The van der Waals surface area contributed by atoms with E-state index >= 15 is 0 Å². The lowest BCUT2D eigenvalue weighted by molar-refractivity contribution is -0.143. The number of urea groups is 1. The predicted octanol–water partition coefficient (Wildman–Crippen LogP) is 2.38. The van der Waals surface area contributed by atoms with Crippen LogP contribution in [-0.4, -0.2) is 62.7 Å². The Bertz CT molecular complexity index is 819. The molecule has 9 nitrogen and oxygen atoms in total. The third kappa shape index (κ3) is 3.99. The van der Waals surface area contributed by atoms with Crippen molar-refractivity contribution >= 4 is 29.4 Å². The van der Waals surface area contributed by atoms with Crippen molar-refractivity contribution in [1.29, 1.82) is 0 Å². The van der Waals surface area contributed by atoms with Crippen LogP contribution in [0.15, 0.2) is 17.1 Å². The van der Waals surface area contributed by atoms with Crippen LogP contribution in [0.3, 0.4) is 0 Å². The molecule has 152 valence electrons. The van der Waals surface area contributed by atoms with Gasteiger partial charge in [-0.3, -0.25) is 9.59 Å². The van der Waals surface area contributed by atoms with E-state index in [1.807, 2.05) is 0 Å². The lowest BCUT2D eigenvalue weighted by Gasteiger charge is -2.37. The minimum atomic E-state index is -1.06. The molecule has 1 atom stereocenters. The highest BCUT2D eigenvalue weighted by atomic mass is 16.5. The molecule has 0 spiro atoms. The van der Waals surface area contributed by atoms with E-state index in [0.717, 1.165) is 0 Å². The summed E-state index contributed by atoms with van der Waals surface area (Å²) < 4.78 is 15.4. The van der Waals surface area contributed by atoms with Gasteiger partial charge in [0, 0.05) is 0 Å². The van der Waals surface area contributed by atoms with Crippen LogP contribution in [0.5, 0.6) is 11.5 Å². The zero-order valence-corrected chi connectivity index (χ0v) is 16.5. The third-order valence-corrected chi connectivity index (χ3v) is 4.67. The fourth-order valence-electron chi connectivity index (χ4n) is 3.38. The van der Waals surface area contributed by atoms with Crippen molar-refractivity contribution in [1.82, 2.24) is 4.48 Å². The molecule has 0 fully saturated rings. The molecule has 2 rings (SSSR count). The van der Waals surface area contributed by atoms with Gasteiger partial charge in [-0.1, -0.05) is 0 Å². The Morgan fingerprint density at radius 1 is 1.11 bits per heavy atom. The fraction of sp³-hybridized carbons (Fsp3) is 0.474. The van der Waals surface area contributed by atoms with Gasteiger partial charge in [-0.15, -0.1) is 0 Å². The molecule has 1 heterocycles. The average molecular weight is 393 g/mol. The maximum atomic E-state index is 13.1. The highest BCUT2D eigenvalue weighted by Gasteiger charge is 2.48. The minimum absolute atomic E-state index is 0.00173. The van der Waals surface area contributed by atoms with Gasteiger partial charge in [-0.05, 0) is 26.0 Å². The van der Waals surface area contributed by atoms with Crippen LogP contribution in [0, 0.1) is 0 Å². The maximum absolute atomic E-state index is 13.1. The van der Waals surface area contributed by atoms with Crippen molar-refractivity contribution in [3.63, 3.8) is 0 Å². The summed E-state index contributed by atoms with van der Waals surface area (Å²) in [6, 6.07) is 2.80. The van der Waals surface area contributed by atoms with Crippen LogP contribution < -0.4 is 14.0 Å². The number of benzene rings is 1. The lowest BCUT2D eigenvalue weighted by Crippen LogP contribution is -2.57. The van der Waals surface area contributed by atoms with Gasteiger partial charge < -0.3 is 19.3 Å². The second-order valence-corrected chi connectivity index (χ2v) is 6.29. The molecule has 28 heavy (non-hydrogen) atoms. The number of amides is 2. The summed E-state index contributed by atoms with van der Waals surface area (Å²) in [7, 11) is 2.96. The van der Waals surface area contributed by atoms with Crippen LogP contribution in [-0.2, 0) is 14.3 Å². The number of carboxylic acids is 1. The molecule has 1 aromatic carbocycles. The number of aliphatic imine (C=N–C) groups is 1. The summed E-state index contributed by atoms with van der Waals surface area (Å²) in [6.07, 6.45) is -0.365. The summed E-state index contributed by atoms with van der Waals surface area (Å²) in [5, 5.41) is 9.23. The molecule has 0 radical (unpaired) electrons. The number of aliphatic carboxylic acids is 1. The Labute approximate surface area is 163 Å². The molecule has 9 heteroatoms. The summed E-state index contributed by atoms with van der Waals surface area (Å²) >= 11 is 0. The van der Waals surface area contributed by atoms with Gasteiger partial charge in [0.15, 0.2) is 11.4 Å². The first-order valence-electron chi connectivity index (χ1n) is 8.91. The van der Waals surface area contributed by atoms with E-state index in [9.17, 15) is 19.5 Å². The monoisotopic (exact) mass is 393 g/mol. The first-order chi connectivity index (χ1) is 13.3. The maximum Gasteiger partial charge on any atom is 0.448 e. The number of fused-ring (bicyclic) bond motifs is 1. The molecular formula is C19H25N2O7+. The molecule has 0 bridgehead atoms. The molecule has 0 saturated heterocycles. The van der Waals surface area contributed by atoms with Crippen molar-refractivity contribution in [3.05, 3.63) is 17.7 Å². The van der Waals surface area contributed by atoms with Crippen molar-refractivity contribution in [2.24, 2.45) is 4.99 Å². The van der Waals surface area contributed by atoms with E-state index in [-0.39, 0.29) is 32.5 Å². The number of quaternary nitrogens is 1. The third-order valence-electron chi connectivity index (χ3n) is 4.67. The molecule has 1 aliphatic rings. The van der Waals surface area contributed by atoms with Crippen molar-refractivity contribution in [3.8, 4) is 11.5 Å². The largest absolute Gasteiger partial charge is 0.496 e. The number of hydrogen-bond acceptors (Lipinski definition) is 6. The average Bonchev–Trinajstić information content (AvgIpc) is 2.66. The van der Waals surface area contributed by atoms with Gasteiger partial charge in [0.25, 0.3) is 0 Å². The van der Waals surface area contributed by atoms with Crippen LogP contribution in [0.4, 0.5) is 10.5 Å². The van der Waals surface area contributed by atoms with Crippen molar-refractivity contribution in [2.75, 3.05) is 33.9 Å². The fourth-order valence-corrected chi connectivity index (χ4v) is 3.38. The highest BCUT2D eigenvalue weighted by molar-refractivity contribution is 6.17. The number of hydrogen-bond donors (Lipinski definition) is 1. The number of methoxy groups -OCH3 is 2. The molecule has 1 unspecified atom stereocenters. The predicted molar refractivity (Wildman–Crippen MR) is 102 cm³/mol. The molecule has 1 aromatic rings. The first kappa shape index (κ1) is 21.4. The van der Waals surface area contributed by atoms with Gasteiger partial charge in [-0.25, -0.2) is 9.28 Å². The first-order valence-corrected chi connectivity index (χ1v) is 8.91. The van der Waals surface area contributed by atoms with E-state index in [1.54, 1.807) is 26.0 Å². The van der Waals surface area contributed by atoms with E-state index < -0.39 is 22.5 Å². The zero-order valence-electron chi connectivity index (χ0n) is 16.5. The van der Waals surface area contributed by atoms with Gasteiger partial charge in [0.1, 0.15) is 24.4 Å². The number of carbonyl (C=O) groups is 3. The Kier molecular flexibility index (Phi) is 6.74. The Morgan fingerprint density at radius 2 is 1.71 bits per heavy atom. The summed E-state index contributed by atoms with van der Waals surface area (Å²) in [6.45, 7) is 3.50. The molecule has 1 N–H and O–H groups in total. The Morgan fingerprint density at radius 3 is 2.29 bits per heavy atom. The SMILES string of the molecule is CCOC(=O)CC[N+]1(CCC(=O)O)C(=O)N=C(C)c2c(OC)ccc(OC)c21. The Hall–Kier alpha value is -2.94. The number of carbonyl (C=O) groups excluding carboxylic acids is 2. The highest BCUT2D eigenvalue weighted by Crippen LogP contribution is 2.45. The van der Waals surface area contributed by atoms with Crippen LogP contribution >= 0.6 is 0 Å². The van der Waals surface area contributed by atoms with Gasteiger partial charge in [-0.2, -0.15) is 4.99 Å². The van der Waals surface area contributed by atoms with Gasteiger partial charge >= 0.3 is 18.0 Å². The lowest BCUT2D eigenvalue weighted by atomic mass is 10.00. The molecule has 1 aliphatic heterocycles. The molecular weight excluding hydrogens is 368 g/mol. The number of carboxylic acid groups (broad SMARTS) is 1. The normalized spacial score (nSPS) is 18.1. The molecule has 0 aromatic heterocycles. The number of nitrogens with zero attached hydrogens (tertiary/aromatic N) is 2. The van der Waals surface area contributed by atoms with Gasteiger partial charge in [0.2, 0.25) is 0 Å². The van der Waals surface area contributed by atoms with E-state index in [1.165, 1.54) is 14.2 Å². The van der Waals surface area contributed by atoms with Crippen LogP contribution in [0.2, 0.25) is 0 Å². The number of ether oxygens (including phenoxy) is 3. The van der Waals surface area contributed by atoms with E-state index in [2.05, 4.69) is 4.99 Å². The quantitative estimate of drug-likeness (QED) is 0.506. The molecule has 2 amide bonds. The van der Waals surface area contributed by atoms with E-state index in [4.69, 9.17) is 14.2 Å². The second-order valence-electron chi connectivity index (χ2n) is 6.29. The number of esters is 1.